The molecule has 0 aliphatic carbocycles. The number of benzene rings is 1. The maximum atomic E-state index is 5.88. The van der Waals surface area contributed by atoms with Crippen LogP contribution in [-0.4, -0.2) is 9.38 Å². The molecule has 19 heavy (non-hydrogen) atoms. The van der Waals surface area contributed by atoms with Gasteiger partial charge in [-0.1, -0.05) is 11.6 Å². The van der Waals surface area contributed by atoms with E-state index in [1.54, 1.807) is 11.3 Å². The summed E-state index contributed by atoms with van der Waals surface area (Å²) in [5.41, 5.74) is 3.34. The zero-order valence-electron chi connectivity index (χ0n) is 10.8. The van der Waals surface area contributed by atoms with Crippen molar-refractivity contribution < 1.29 is 0 Å². The van der Waals surface area contributed by atoms with Gasteiger partial charge in [0.05, 0.1) is 17.9 Å². The number of rotatable bonds is 3. The van der Waals surface area contributed by atoms with Crippen LogP contribution in [0.25, 0.3) is 4.96 Å². The number of hydrogen-bond donors (Lipinski definition) is 1. The lowest BCUT2D eigenvalue weighted by Crippen LogP contribution is -2.03. The summed E-state index contributed by atoms with van der Waals surface area (Å²) >= 11 is 7.59. The summed E-state index contributed by atoms with van der Waals surface area (Å²) in [6, 6.07) is 7.73. The number of halogens is 1. The van der Waals surface area contributed by atoms with Crippen molar-refractivity contribution in [2.45, 2.75) is 20.4 Å². The van der Waals surface area contributed by atoms with E-state index in [9.17, 15) is 0 Å². The van der Waals surface area contributed by atoms with Gasteiger partial charge in [0, 0.05) is 21.8 Å². The van der Waals surface area contributed by atoms with Crippen LogP contribution in [0.15, 0.2) is 30.5 Å². The number of imidazole rings is 1. The summed E-state index contributed by atoms with van der Waals surface area (Å²) in [4.78, 5) is 6.91. The van der Waals surface area contributed by atoms with Crippen LogP contribution in [0.5, 0.6) is 0 Å². The number of hydrogen-bond acceptors (Lipinski definition) is 3. The molecule has 0 fully saturated rings. The molecule has 0 unspecified atom stereocenters. The molecule has 0 saturated carbocycles. The van der Waals surface area contributed by atoms with E-state index in [2.05, 4.69) is 27.8 Å². The maximum Gasteiger partial charge on any atom is 0.194 e. The summed E-state index contributed by atoms with van der Waals surface area (Å²) in [5, 5.41) is 4.15. The highest BCUT2D eigenvalue weighted by atomic mass is 35.5. The quantitative estimate of drug-likeness (QED) is 0.780. The summed E-state index contributed by atoms with van der Waals surface area (Å²) in [7, 11) is 0. The first-order chi connectivity index (χ1) is 9.13. The molecule has 3 aromatic rings. The number of nitrogens with one attached hydrogen (secondary N) is 1. The van der Waals surface area contributed by atoms with Gasteiger partial charge in [-0.2, -0.15) is 0 Å². The van der Waals surface area contributed by atoms with Crippen molar-refractivity contribution in [3.63, 3.8) is 0 Å². The molecule has 0 radical (unpaired) electrons. The molecule has 3 rings (SSSR count). The molecule has 98 valence electrons. The number of anilines is 1. The zero-order valence-corrected chi connectivity index (χ0v) is 12.3. The predicted molar refractivity (Wildman–Crippen MR) is 81.3 cm³/mol. The summed E-state index contributed by atoms with van der Waals surface area (Å²) < 4.78 is 2.16. The topological polar surface area (TPSA) is 29.3 Å². The number of thiazole rings is 1. The number of aromatic nitrogens is 2. The van der Waals surface area contributed by atoms with E-state index >= 15 is 0 Å². The highest BCUT2D eigenvalue weighted by Crippen LogP contribution is 2.22. The minimum atomic E-state index is 0.752. The Kier molecular flexibility index (Phi) is 3.21. The first-order valence-electron chi connectivity index (χ1n) is 6.07. The van der Waals surface area contributed by atoms with Crippen LogP contribution in [0.3, 0.4) is 0 Å². The molecule has 0 aliphatic heterocycles. The third-order valence-corrected chi connectivity index (χ3v) is 4.20. The van der Waals surface area contributed by atoms with Crippen molar-refractivity contribution in [1.82, 2.24) is 9.38 Å². The normalized spacial score (nSPS) is 11.1. The highest BCUT2D eigenvalue weighted by molar-refractivity contribution is 7.17. The van der Waals surface area contributed by atoms with Crippen LogP contribution in [0, 0.1) is 13.8 Å². The van der Waals surface area contributed by atoms with Gasteiger partial charge >= 0.3 is 0 Å². The van der Waals surface area contributed by atoms with Crippen LogP contribution in [-0.2, 0) is 6.54 Å². The van der Waals surface area contributed by atoms with E-state index < -0.39 is 0 Å². The minimum absolute atomic E-state index is 0.752. The Morgan fingerprint density at radius 1 is 1.26 bits per heavy atom. The molecule has 0 spiro atoms. The van der Waals surface area contributed by atoms with Gasteiger partial charge in [-0.05, 0) is 38.1 Å². The molecule has 0 bridgehead atoms. The average Bonchev–Trinajstić information content (AvgIpc) is 2.85. The summed E-state index contributed by atoms with van der Waals surface area (Å²) in [5.74, 6) is 0. The predicted octanol–water partition coefficient (Wildman–Crippen LogP) is 4.28. The number of nitrogens with zero attached hydrogens (tertiary/aromatic N) is 2. The minimum Gasteiger partial charge on any atom is -0.379 e. The molecule has 0 amide bonds. The van der Waals surface area contributed by atoms with Crippen molar-refractivity contribution in [2.24, 2.45) is 0 Å². The lowest BCUT2D eigenvalue weighted by Gasteiger charge is -2.06. The molecule has 1 N–H and O–H groups in total. The molecule has 0 aliphatic rings. The molecule has 0 saturated heterocycles. The Hall–Kier alpha value is -1.52. The lowest BCUT2D eigenvalue weighted by atomic mass is 10.3. The van der Waals surface area contributed by atoms with Crippen molar-refractivity contribution >= 4 is 33.6 Å². The number of aryl methyl sites for hydroxylation is 2. The van der Waals surface area contributed by atoms with Crippen molar-refractivity contribution in [3.05, 3.63) is 51.7 Å². The Balaban J connectivity index is 1.84. The van der Waals surface area contributed by atoms with Gasteiger partial charge in [-0.3, -0.25) is 4.40 Å². The Morgan fingerprint density at radius 2 is 2.00 bits per heavy atom. The van der Waals surface area contributed by atoms with Crippen LogP contribution < -0.4 is 5.32 Å². The Labute approximate surface area is 120 Å². The van der Waals surface area contributed by atoms with Crippen molar-refractivity contribution in [2.75, 3.05) is 5.32 Å². The monoisotopic (exact) mass is 291 g/mol. The third kappa shape index (κ3) is 2.46. The molecule has 0 atom stereocenters. The molecular formula is C14H14ClN3S. The number of fused-ring (bicyclic) bond motifs is 1. The SMILES string of the molecule is Cc1cn2c(CNc3ccc(Cl)cc3)c(C)nc2s1. The highest BCUT2D eigenvalue weighted by Gasteiger charge is 2.10. The lowest BCUT2D eigenvalue weighted by molar-refractivity contribution is 0.991. The molecule has 2 heterocycles. The second kappa shape index (κ2) is 4.87. The second-order valence-corrected chi connectivity index (χ2v) is 6.15. The van der Waals surface area contributed by atoms with Crippen molar-refractivity contribution in [1.29, 1.82) is 0 Å². The molecule has 1 aromatic carbocycles. The van der Waals surface area contributed by atoms with Crippen LogP contribution in [0.4, 0.5) is 5.69 Å². The Bertz CT molecular complexity index is 712. The van der Waals surface area contributed by atoms with E-state index in [1.165, 1.54) is 10.6 Å². The molecular weight excluding hydrogens is 278 g/mol. The van der Waals surface area contributed by atoms with Gasteiger partial charge in [-0.15, -0.1) is 11.3 Å². The van der Waals surface area contributed by atoms with E-state index in [0.29, 0.717) is 0 Å². The third-order valence-electron chi connectivity index (χ3n) is 3.05. The average molecular weight is 292 g/mol. The van der Waals surface area contributed by atoms with Gasteiger partial charge < -0.3 is 5.32 Å². The Morgan fingerprint density at radius 3 is 2.74 bits per heavy atom. The van der Waals surface area contributed by atoms with Gasteiger partial charge in [-0.25, -0.2) is 4.98 Å². The molecule has 5 heteroatoms. The van der Waals surface area contributed by atoms with Gasteiger partial charge in [0.1, 0.15) is 0 Å². The first kappa shape index (κ1) is 12.5. The van der Waals surface area contributed by atoms with E-state index in [0.717, 1.165) is 27.9 Å². The first-order valence-corrected chi connectivity index (χ1v) is 7.26. The van der Waals surface area contributed by atoms with Gasteiger partial charge in [0.15, 0.2) is 4.96 Å². The fourth-order valence-electron chi connectivity index (χ4n) is 2.08. The van der Waals surface area contributed by atoms with Crippen LogP contribution in [0.1, 0.15) is 16.3 Å². The van der Waals surface area contributed by atoms with Crippen molar-refractivity contribution in [3.8, 4) is 0 Å². The second-order valence-electron chi connectivity index (χ2n) is 4.50. The fraction of sp³-hybridized carbons (Fsp3) is 0.214. The van der Waals surface area contributed by atoms with Gasteiger partial charge in [0.25, 0.3) is 0 Å². The molecule has 2 aromatic heterocycles. The maximum absolute atomic E-state index is 5.88. The smallest absolute Gasteiger partial charge is 0.194 e. The summed E-state index contributed by atoms with van der Waals surface area (Å²) in [6.45, 7) is 4.91. The van der Waals surface area contributed by atoms with Crippen LogP contribution >= 0.6 is 22.9 Å². The van der Waals surface area contributed by atoms with Crippen LogP contribution in [0.2, 0.25) is 5.02 Å². The van der Waals surface area contributed by atoms with Gasteiger partial charge in [0.2, 0.25) is 0 Å². The van der Waals surface area contributed by atoms with E-state index in [1.807, 2.05) is 31.2 Å². The molecule has 3 nitrogen and oxygen atoms in total. The standard InChI is InChI=1S/C14H14ClN3S/c1-9-8-18-13(10(2)17-14(18)19-9)7-16-12-5-3-11(15)4-6-12/h3-6,8,16H,7H2,1-2H3. The van der Waals surface area contributed by atoms with E-state index in [4.69, 9.17) is 11.6 Å². The summed E-state index contributed by atoms with van der Waals surface area (Å²) in [6.07, 6.45) is 2.14. The fourth-order valence-corrected chi connectivity index (χ4v) is 3.09. The zero-order chi connectivity index (χ0) is 13.4. The van der Waals surface area contributed by atoms with E-state index in [-0.39, 0.29) is 0 Å². The largest absolute Gasteiger partial charge is 0.379 e.